The van der Waals surface area contributed by atoms with Crippen LogP contribution < -0.4 is 0 Å². The first-order chi connectivity index (χ1) is 7.81. The van der Waals surface area contributed by atoms with Gasteiger partial charge in [-0.2, -0.15) is 18.4 Å². The van der Waals surface area contributed by atoms with E-state index in [-0.39, 0.29) is 10.9 Å². The number of alkyl halides is 6. The Morgan fingerprint density at radius 2 is 2.00 bits per heavy atom. The summed E-state index contributed by atoms with van der Waals surface area (Å²) < 4.78 is 62.4. The van der Waals surface area contributed by atoms with Crippen LogP contribution in [0.5, 0.6) is 0 Å². The van der Waals surface area contributed by atoms with Gasteiger partial charge in [0.05, 0.1) is 5.56 Å². The summed E-state index contributed by atoms with van der Waals surface area (Å²) in [6.45, 7) is 0. The Morgan fingerprint density at radius 3 is 2.35 bits per heavy atom. The highest BCUT2D eigenvalue weighted by Gasteiger charge is 2.36. The van der Waals surface area contributed by atoms with Crippen molar-refractivity contribution in [2.75, 3.05) is 0 Å². The number of pyridine rings is 1. The normalized spacial score (nSPS) is 11.6. The number of halogens is 6. The molecule has 0 aliphatic carbocycles. The molecular formula is C9H4BrF5N2. The van der Waals surface area contributed by atoms with Gasteiger partial charge in [-0.05, 0) is 11.6 Å². The Balaban J connectivity index is 3.51. The van der Waals surface area contributed by atoms with Gasteiger partial charge in [-0.25, -0.2) is 13.8 Å². The lowest BCUT2D eigenvalue weighted by Gasteiger charge is -2.12. The molecule has 0 bridgehead atoms. The van der Waals surface area contributed by atoms with E-state index in [0.29, 0.717) is 6.07 Å². The highest BCUT2D eigenvalue weighted by Crippen LogP contribution is 2.34. The van der Waals surface area contributed by atoms with Crippen LogP contribution in [0.15, 0.2) is 6.07 Å². The number of nitriles is 1. The molecule has 17 heavy (non-hydrogen) atoms. The SMILES string of the molecule is N#Cc1nc(C(F)F)c(CBr)cc1C(F)(F)F. The van der Waals surface area contributed by atoms with Crippen LogP contribution in [0, 0.1) is 11.3 Å². The minimum atomic E-state index is -4.80. The van der Waals surface area contributed by atoms with Gasteiger partial charge in [0.1, 0.15) is 11.8 Å². The predicted octanol–water partition coefficient (Wildman–Crippen LogP) is 3.80. The van der Waals surface area contributed by atoms with Crippen molar-refractivity contribution in [3.05, 3.63) is 28.6 Å². The highest BCUT2D eigenvalue weighted by atomic mass is 79.9. The van der Waals surface area contributed by atoms with Crippen LogP contribution in [-0.4, -0.2) is 4.98 Å². The van der Waals surface area contributed by atoms with E-state index in [1.165, 1.54) is 6.07 Å². The molecule has 8 heteroatoms. The Bertz CT molecular complexity index is 464. The third-order valence-corrected chi connectivity index (χ3v) is 2.50. The minimum Gasteiger partial charge on any atom is -0.235 e. The van der Waals surface area contributed by atoms with E-state index < -0.39 is 29.6 Å². The van der Waals surface area contributed by atoms with Gasteiger partial charge in [0, 0.05) is 5.33 Å². The zero-order valence-corrected chi connectivity index (χ0v) is 9.61. The van der Waals surface area contributed by atoms with E-state index in [4.69, 9.17) is 5.26 Å². The molecule has 0 N–H and O–H groups in total. The van der Waals surface area contributed by atoms with Crippen molar-refractivity contribution in [1.82, 2.24) is 4.98 Å². The molecule has 0 saturated heterocycles. The zero-order valence-electron chi connectivity index (χ0n) is 8.02. The van der Waals surface area contributed by atoms with E-state index in [2.05, 4.69) is 20.9 Å². The van der Waals surface area contributed by atoms with E-state index in [1.54, 1.807) is 0 Å². The molecule has 0 spiro atoms. The molecule has 0 atom stereocenters. The van der Waals surface area contributed by atoms with Crippen LogP contribution in [0.3, 0.4) is 0 Å². The topological polar surface area (TPSA) is 36.7 Å². The van der Waals surface area contributed by atoms with Crippen molar-refractivity contribution in [2.24, 2.45) is 0 Å². The Labute approximate surface area is 101 Å². The maximum absolute atomic E-state index is 12.5. The van der Waals surface area contributed by atoms with Crippen molar-refractivity contribution in [3.8, 4) is 6.07 Å². The summed E-state index contributed by atoms with van der Waals surface area (Å²) in [6.07, 6.45) is -7.83. The molecule has 0 aromatic carbocycles. The molecule has 1 rings (SSSR count). The van der Waals surface area contributed by atoms with E-state index >= 15 is 0 Å². The molecule has 0 unspecified atom stereocenters. The molecule has 0 fully saturated rings. The summed E-state index contributed by atoms with van der Waals surface area (Å²) in [5.74, 6) is 0. The molecule has 1 aromatic heterocycles. The number of nitrogens with zero attached hydrogens (tertiary/aromatic N) is 2. The molecule has 0 radical (unpaired) electrons. The van der Waals surface area contributed by atoms with E-state index in [0.717, 1.165) is 0 Å². The Morgan fingerprint density at radius 1 is 1.41 bits per heavy atom. The number of hydrogen-bond donors (Lipinski definition) is 0. The van der Waals surface area contributed by atoms with Gasteiger partial charge in [-0.1, -0.05) is 15.9 Å². The van der Waals surface area contributed by atoms with Crippen molar-refractivity contribution < 1.29 is 22.0 Å². The lowest BCUT2D eigenvalue weighted by Crippen LogP contribution is -2.12. The Kier molecular flexibility index (Phi) is 4.03. The summed E-state index contributed by atoms with van der Waals surface area (Å²) in [7, 11) is 0. The molecule has 0 saturated carbocycles. The second-order valence-corrected chi connectivity index (χ2v) is 3.53. The lowest BCUT2D eigenvalue weighted by atomic mass is 10.1. The van der Waals surface area contributed by atoms with Crippen LogP contribution in [0.2, 0.25) is 0 Å². The fourth-order valence-electron chi connectivity index (χ4n) is 1.17. The molecule has 92 valence electrons. The quantitative estimate of drug-likeness (QED) is 0.615. The summed E-state index contributed by atoms with van der Waals surface area (Å²) in [4.78, 5) is 3.07. The highest BCUT2D eigenvalue weighted by molar-refractivity contribution is 9.08. The molecule has 0 aliphatic rings. The van der Waals surface area contributed by atoms with Crippen molar-refractivity contribution in [2.45, 2.75) is 17.9 Å². The van der Waals surface area contributed by atoms with E-state index in [9.17, 15) is 22.0 Å². The second-order valence-electron chi connectivity index (χ2n) is 2.97. The number of hydrogen-bond acceptors (Lipinski definition) is 2. The monoisotopic (exact) mass is 314 g/mol. The van der Waals surface area contributed by atoms with Crippen LogP contribution >= 0.6 is 15.9 Å². The summed E-state index contributed by atoms with van der Waals surface area (Å²) in [5.41, 5.74) is -3.45. The van der Waals surface area contributed by atoms with Crippen LogP contribution in [0.4, 0.5) is 22.0 Å². The van der Waals surface area contributed by atoms with Crippen molar-refractivity contribution in [1.29, 1.82) is 5.26 Å². The van der Waals surface area contributed by atoms with Gasteiger partial charge in [0.2, 0.25) is 0 Å². The lowest BCUT2D eigenvalue weighted by molar-refractivity contribution is -0.138. The minimum absolute atomic E-state index is 0.200. The molecular weight excluding hydrogens is 311 g/mol. The maximum Gasteiger partial charge on any atom is 0.419 e. The summed E-state index contributed by atoms with van der Waals surface area (Å²) in [5, 5.41) is 8.28. The predicted molar refractivity (Wildman–Crippen MR) is 51.5 cm³/mol. The first-order valence-electron chi connectivity index (χ1n) is 4.16. The largest absolute Gasteiger partial charge is 0.419 e. The van der Waals surface area contributed by atoms with Gasteiger partial charge < -0.3 is 0 Å². The Hall–Kier alpha value is -1.23. The van der Waals surface area contributed by atoms with Crippen LogP contribution in [-0.2, 0) is 11.5 Å². The second kappa shape index (κ2) is 4.96. The summed E-state index contributed by atoms with van der Waals surface area (Å²) >= 11 is 2.80. The average molecular weight is 315 g/mol. The molecule has 0 amide bonds. The van der Waals surface area contributed by atoms with Gasteiger partial charge in [-0.15, -0.1) is 0 Å². The van der Waals surface area contributed by atoms with Crippen LogP contribution in [0.1, 0.15) is 28.9 Å². The van der Waals surface area contributed by atoms with Crippen molar-refractivity contribution in [3.63, 3.8) is 0 Å². The van der Waals surface area contributed by atoms with Crippen molar-refractivity contribution >= 4 is 15.9 Å². The summed E-state index contributed by atoms with van der Waals surface area (Å²) in [6, 6.07) is 1.68. The molecule has 2 nitrogen and oxygen atoms in total. The standard InChI is InChI=1S/C9H4BrF5N2/c10-2-4-1-5(9(13,14)15)6(3-16)17-7(4)8(11)12/h1,8H,2H2. The number of aromatic nitrogens is 1. The third kappa shape index (κ3) is 2.91. The smallest absolute Gasteiger partial charge is 0.235 e. The zero-order chi connectivity index (χ0) is 13.2. The molecule has 1 aromatic rings. The molecule has 1 heterocycles. The van der Waals surface area contributed by atoms with E-state index in [1.807, 2.05) is 0 Å². The maximum atomic E-state index is 12.5. The van der Waals surface area contributed by atoms with Gasteiger partial charge in [0.15, 0.2) is 5.69 Å². The van der Waals surface area contributed by atoms with Crippen LogP contribution in [0.25, 0.3) is 0 Å². The third-order valence-electron chi connectivity index (χ3n) is 1.90. The van der Waals surface area contributed by atoms with Gasteiger partial charge >= 0.3 is 6.18 Å². The number of rotatable bonds is 2. The average Bonchev–Trinajstić information content (AvgIpc) is 2.25. The van der Waals surface area contributed by atoms with Gasteiger partial charge in [0.25, 0.3) is 6.43 Å². The first-order valence-corrected chi connectivity index (χ1v) is 5.28. The fraction of sp³-hybridized carbons (Fsp3) is 0.333. The molecule has 0 aliphatic heterocycles. The fourth-order valence-corrected chi connectivity index (χ4v) is 1.62. The van der Waals surface area contributed by atoms with Gasteiger partial charge in [-0.3, -0.25) is 0 Å². The first kappa shape index (κ1) is 13.8.